The summed E-state index contributed by atoms with van der Waals surface area (Å²) in [7, 11) is -3.50. The van der Waals surface area contributed by atoms with Crippen molar-refractivity contribution in [3.63, 3.8) is 0 Å². The summed E-state index contributed by atoms with van der Waals surface area (Å²) in [5.74, 6) is 0.130. The molecule has 2 saturated heterocycles. The van der Waals surface area contributed by atoms with Gasteiger partial charge in [0.25, 0.3) is 0 Å². The van der Waals surface area contributed by atoms with Crippen LogP contribution in [0.4, 0.5) is 5.95 Å². The summed E-state index contributed by atoms with van der Waals surface area (Å²) in [6, 6.07) is 14.9. The van der Waals surface area contributed by atoms with Crippen molar-refractivity contribution in [2.24, 2.45) is 0 Å². The Labute approximate surface area is 223 Å². The average molecular weight is 537 g/mol. The number of benzene rings is 2. The van der Waals surface area contributed by atoms with Crippen LogP contribution in [0.1, 0.15) is 36.0 Å². The van der Waals surface area contributed by atoms with E-state index in [4.69, 9.17) is 9.84 Å². The highest BCUT2D eigenvalue weighted by Gasteiger charge is 2.32. The Morgan fingerprint density at radius 2 is 1.61 bits per heavy atom. The lowest BCUT2D eigenvalue weighted by Gasteiger charge is -2.31. The Morgan fingerprint density at radius 1 is 0.947 bits per heavy atom. The molecule has 38 heavy (non-hydrogen) atoms. The minimum absolute atomic E-state index is 0.0194. The van der Waals surface area contributed by atoms with Gasteiger partial charge in [0.2, 0.25) is 5.95 Å². The third-order valence-electron chi connectivity index (χ3n) is 7.29. The number of carbonyl (C=O) groups is 1. The van der Waals surface area contributed by atoms with E-state index in [1.165, 1.54) is 25.2 Å². The zero-order valence-electron chi connectivity index (χ0n) is 21.2. The smallest absolute Gasteiger partial charge is 0.338 e. The Hall–Kier alpha value is -3.50. The molecule has 3 heterocycles. The van der Waals surface area contributed by atoms with Crippen molar-refractivity contribution in [1.29, 1.82) is 0 Å². The van der Waals surface area contributed by atoms with E-state index in [1.54, 1.807) is 12.1 Å². The van der Waals surface area contributed by atoms with Gasteiger partial charge in [-0.25, -0.2) is 23.2 Å². The van der Waals surface area contributed by atoms with E-state index in [9.17, 15) is 13.2 Å². The van der Waals surface area contributed by atoms with Gasteiger partial charge in [-0.2, -0.15) is 0 Å². The van der Waals surface area contributed by atoms with Crippen molar-refractivity contribution < 1.29 is 23.1 Å². The lowest BCUT2D eigenvalue weighted by atomic mass is 10.0. The number of carboxylic acids is 1. The quantitative estimate of drug-likeness (QED) is 0.437. The average Bonchev–Trinajstić information content (AvgIpc) is 3.47. The predicted octanol–water partition coefficient (Wildman–Crippen LogP) is 3.76. The molecule has 5 rings (SSSR count). The molecule has 2 aromatic carbocycles. The van der Waals surface area contributed by atoms with Crippen molar-refractivity contribution in [1.82, 2.24) is 14.9 Å². The minimum Gasteiger partial charge on any atom is -0.492 e. The number of hydrogen-bond donors (Lipinski definition) is 1. The van der Waals surface area contributed by atoms with Gasteiger partial charge in [0.1, 0.15) is 12.4 Å². The highest BCUT2D eigenvalue weighted by molar-refractivity contribution is 7.92. The number of aromatic carboxylic acids is 1. The van der Waals surface area contributed by atoms with Gasteiger partial charge >= 0.3 is 5.97 Å². The van der Waals surface area contributed by atoms with Crippen molar-refractivity contribution in [2.45, 2.75) is 35.8 Å². The molecule has 1 N–H and O–H groups in total. The number of piperidine rings is 1. The molecular formula is C28H32N4O5S. The van der Waals surface area contributed by atoms with E-state index in [1.807, 2.05) is 41.3 Å². The number of likely N-dealkylation sites (tertiary alicyclic amines) is 1. The van der Waals surface area contributed by atoms with Crippen LogP contribution in [0, 0.1) is 0 Å². The van der Waals surface area contributed by atoms with Crippen LogP contribution in [-0.2, 0) is 9.84 Å². The number of anilines is 1. The molecule has 0 radical (unpaired) electrons. The molecule has 200 valence electrons. The van der Waals surface area contributed by atoms with Crippen molar-refractivity contribution in [3.8, 4) is 16.9 Å². The van der Waals surface area contributed by atoms with Crippen LogP contribution in [0.25, 0.3) is 11.1 Å². The molecule has 0 saturated carbocycles. The monoisotopic (exact) mass is 536 g/mol. The van der Waals surface area contributed by atoms with Gasteiger partial charge in [0.15, 0.2) is 9.84 Å². The summed E-state index contributed by atoms with van der Waals surface area (Å²) in [4.78, 5) is 23.9. The normalized spacial score (nSPS) is 17.0. The lowest BCUT2D eigenvalue weighted by Crippen LogP contribution is -2.40. The molecule has 2 aliphatic rings. The van der Waals surface area contributed by atoms with Crippen LogP contribution in [0.2, 0.25) is 0 Å². The number of sulfone groups is 1. The minimum atomic E-state index is -3.50. The molecule has 2 fully saturated rings. The second kappa shape index (κ2) is 11.5. The Kier molecular flexibility index (Phi) is 7.90. The molecule has 9 nitrogen and oxygen atoms in total. The maximum absolute atomic E-state index is 13.4. The third-order valence-corrected chi connectivity index (χ3v) is 9.57. The van der Waals surface area contributed by atoms with Gasteiger partial charge in [-0.1, -0.05) is 30.3 Å². The van der Waals surface area contributed by atoms with Crippen LogP contribution in [0.5, 0.6) is 5.75 Å². The van der Waals surface area contributed by atoms with Gasteiger partial charge in [-0.3, -0.25) is 4.90 Å². The molecule has 1 aromatic heterocycles. The lowest BCUT2D eigenvalue weighted by molar-refractivity contribution is 0.0696. The number of rotatable bonds is 9. The summed E-state index contributed by atoms with van der Waals surface area (Å²) in [6.07, 6.45) is 5.94. The fraction of sp³-hybridized carbons (Fsp3) is 0.393. The summed E-state index contributed by atoms with van der Waals surface area (Å²) < 4.78 is 32.9. The Balaban J connectivity index is 1.22. The summed E-state index contributed by atoms with van der Waals surface area (Å²) in [6.45, 7) is 4.76. The molecule has 0 amide bonds. The van der Waals surface area contributed by atoms with E-state index in [2.05, 4.69) is 14.9 Å². The number of nitrogens with zero attached hydrogens (tertiary/aromatic N) is 4. The molecule has 0 unspecified atom stereocenters. The summed E-state index contributed by atoms with van der Waals surface area (Å²) in [5.41, 5.74) is 1.88. The second-order valence-electron chi connectivity index (χ2n) is 9.73. The number of hydrogen-bond acceptors (Lipinski definition) is 8. The van der Waals surface area contributed by atoms with Crippen molar-refractivity contribution >= 4 is 21.8 Å². The topological polar surface area (TPSA) is 113 Å². The molecule has 0 spiro atoms. The molecule has 0 aliphatic carbocycles. The maximum Gasteiger partial charge on any atom is 0.338 e. The molecule has 10 heteroatoms. The SMILES string of the molecule is O=C(O)c1cnc(N2CCC(S(=O)(=O)c3ccc(-c4ccccc4OCCN4CCCC4)cc3)CC2)nc1. The van der Waals surface area contributed by atoms with E-state index in [-0.39, 0.29) is 5.56 Å². The molecule has 3 aromatic rings. The van der Waals surface area contributed by atoms with E-state index in [0.29, 0.717) is 43.4 Å². The molecule has 2 aliphatic heterocycles. The zero-order chi connectivity index (χ0) is 26.5. The van der Waals surface area contributed by atoms with Gasteiger partial charge in [0.05, 0.1) is 15.7 Å². The van der Waals surface area contributed by atoms with Gasteiger partial charge in [-0.05, 0) is 62.5 Å². The largest absolute Gasteiger partial charge is 0.492 e. The van der Waals surface area contributed by atoms with Crippen LogP contribution >= 0.6 is 0 Å². The van der Waals surface area contributed by atoms with Crippen LogP contribution < -0.4 is 9.64 Å². The van der Waals surface area contributed by atoms with Gasteiger partial charge < -0.3 is 14.7 Å². The first-order valence-corrected chi connectivity index (χ1v) is 14.6. The fourth-order valence-corrected chi connectivity index (χ4v) is 6.83. The highest BCUT2D eigenvalue weighted by atomic mass is 32.2. The maximum atomic E-state index is 13.4. The van der Waals surface area contributed by atoms with E-state index < -0.39 is 21.1 Å². The Morgan fingerprint density at radius 3 is 2.26 bits per heavy atom. The van der Waals surface area contributed by atoms with E-state index in [0.717, 1.165) is 36.5 Å². The van der Waals surface area contributed by atoms with Gasteiger partial charge in [0, 0.05) is 37.6 Å². The first kappa shape index (κ1) is 26.1. The number of aromatic nitrogens is 2. The van der Waals surface area contributed by atoms with Gasteiger partial charge in [-0.15, -0.1) is 0 Å². The number of carboxylic acid groups (broad SMARTS) is 1. The van der Waals surface area contributed by atoms with Crippen molar-refractivity contribution in [2.75, 3.05) is 44.2 Å². The van der Waals surface area contributed by atoms with Crippen LogP contribution in [0.15, 0.2) is 65.8 Å². The summed E-state index contributed by atoms with van der Waals surface area (Å²) >= 11 is 0. The number of ether oxygens (including phenoxy) is 1. The Bertz CT molecular complexity index is 1350. The van der Waals surface area contributed by atoms with E-state index >= 15 is 0 Å². The molecular weight excluding hydrogens is 504 g/mol. The first-order chi connectivity index (χ1) is 18.4. The third kappa shape index (κ3) is 5.81. The fourth-order valence-electron chi connectivity index (χ4n) is 5.10. The highest BCUT2D eigenvalue weighted by Crippen LogP contribution is 2.32. The predicted molar refractivity (Wildman–Crippen MR) is 144 cm³/mol. The first-order valence-electron chi connectivity index (χ1n) is 13.0. The summed E-state index contributed by atoms with van der Waals surface area (Å²) in [5, 5.41) is 8.52. The number of para-hydroxylation sites is 1. The van der Waals surface area contributed by atoms with Crippen molar-refractivity contribution in [3.05, 3.63) is 66.5 Å². The standard InChI is InChI=1S/C28H32N4O5S/c33-27(34)22-19-29-28(30-20-22)32-15-11-24(12-16-32)38(35,36)23-9-7-21(8-10-23)25-5-1-2-6-26(25)37-18-17-31-13-3-4-14-31/h1-2,5-10,19-20,24H,3-4,11-18H2,(H,33,34). The van der Waals surface area contributed by atoms with Crippen LogP contribution in [-0.4, -0.2) is 78.9 Å². The molecule has 0 atom stereocenters. The second-order valence-corrected chi connectivity index (χ2v) is 12.0. The van der Waals surface area contributed by atoms with Crippen LogP contribution in [0.3, 0.4) is 0 Å². The zero-order valence-corrected chi connectivity index (χ0v) is 22.0. The molecule has 0 bridgehead atoms.